The van der Waals surface area contributed by atoms with Gasteiger partial charge in [0, 0.05) is 24.4 Å². The van der Waals surface area contributed by atoms with Gasteiger partial charge in [-0.3, -0.25) is 15.0 Å². The van der Waals surface area contributed by atoms with Crippen LogP contribution in [0.4, 0.5) is 15.8 Å². The summed E-state index contributed by atoms with van der Waals surface area (Å²) in [6.45, 7) is 3.59. The largest absolute Gasteiger partial charge is 0.399 e. The average Bonchev–Trinajstić information content (AvgIpc) is 2.59. The molecule has 6 heteroatoms. The van der Waals surface area contributed by atoms with Crippen LogP contribution in [0, 0.1) is 15.9 Å². The van der Waals surface area contributed by atoms with Gasteiger partial charge in [0.15, 0.2) is 0 Å². The number of anilines is 1. The molecule has 5 nitrogen and oxygen atoms in total. The first kappa shape index (κ1) is 17.9. The zero-order valence-corrected chi connectivity index (χ0v) is 13.5. The highest BCUT2D eigenvalue weighted by Crippen LogP contribution is 2.14. The maximum atomic E-state index is 12.1. The second-order valence-electron chi connectivity index (χ2n) is 5.81. The molecule has 3 rings (SSSR count). The molecule has 0 spiro atoms. The van der Waals surface area contributed by atoms with E-state index in [0.29, 0.717) is 0 Å². The Kier molecular flexibility index (Phi) is 6.69. The van der Waals surface area contributed by atoms with Crippen LogP contribution in [0.5, 0.6) is 0 Å². The fraction of sp³-hybridized carbons (Fsp3) is 0.333. The first-order valence-corrected chi connectivity index (χ1v) is 8.01. The predicted octanol–water partition coefficient (Wildman–Crippen LogP) is 3.99. The molecule has 2 N–H and O–H groups in total. The molecule has 24 heavy (non-hydrogen) atoms. The number of likely N-dealkylation sites (tertiary alicyclic amines) is 1. The number of nitrogens with zero attached hydrogens (tertiary/aromatic N) is 2. The van der Waals surface area contributed by atoms with E-state index < -0.39 is 10.7 Å². The van der Waals surface area contributed by atoms with E-state index in [-0.39, 0.29) is 5.69 Å². The number of non-ortho nitro benzene ring substituents is 1. The summed E-state index contributed by atoms with van der Waals surface area (Å²) in [6.07, 6.45) is 4.11. The van der Waals surface area contributed by atoms with Gasteiger partial charge in [0.2, 0.25) is 0 Å². The summed E-state index contributed by atoms with van der Waals surface area (Å²) < 4.78 is 12.1. The monoisotopic (exact) mass is 331 g/mol. The molecule has 0 saturated carbocycles. The Morgan fingerprint density at radius 3 is 2.12 bits per heavy atom. The minimum atomic E-state index is -0.570. The maximum Gasteiger partial charge on any atom is 0.269 e. The molecule has 0 unspecified atom stereocenters. The van der Waals surface area contributed by atoms with Gasteiger partial charge in [0.25, 0.3) is 5.69 Å². The van der Waals surface area contributed by atoms with E-state index in [1.807, 2.05) is 12.1 Å². The average molecular weight is 331 g/mol. The van der Waals surface area contributed by atoms with E-state index in [0.717, 1.165) is 36.5 Å². The Labute approximate surface area is 141 Å². The molecule has 0 aliphatic carbocycles. The quantitative estimate of drug-likeness (QED) is 0.524. The third-order valence-electron chi connectivity index (χ3n) is 3.87. The molecule has 1 aliphatic rings. The van der Waals surface area contributed by atoms with Gasteiger partial charge < -0.3 is 5.73 Å². The third kappa shape index (κ3) is 5.96. The van der Waals surface area contributed by atoms with E-state index in [9.17, 15) is 14.5 Å². The van der Waals surface area contributed by atoms with Crippen molar-refractivity contribution in [2.45, 2.75) is 25.8 Å². The lowest BCUT2D eigenvalue weighted by Gasteiger charge is -2.26. The molecule has 0 radical (unpaired) electrons. The molecular formula is C18H22FN3O2. The Bertz CT molecular complexity index is 638. The van der Waals surface area contributed by atoms with Crippen LogP contribution in [0.2, 0.25) is 0 Å². The van der Waals surface area contributed by atoms with Crippen molar-refractivity contribution >= 4 is 11.4 Å². The molecule has 0 bridgehead atoms. The van der Waals surface area contributed by atoms with E-state index in [1.54, 1.807) is 0 Å². The highest BCUT2D eigenvalue weighted by Gasteiger charge is 2.09. The standard InChI is InChI=1S/C12H18N2.C6H4FNO2/c13-12-6-4-11(5-7-12)10-14-8-2-1-3-9-14;7-5-1-3-6(4-2-5)8(9)10/h4-7H,1-3,8-10,13H2;1-4H. The smallest absolute Gasteiger partial charge is 0.269 e. The molecule has 128 valence electrons. The van der Waals surface area contributed by atoms with Crippen molar-refractivity contribution in [1.29, 1.82) is 0 Å². The lowest BCUT2D eigenvalue weighted by atomic mass is 10.1. The van der Waals surface area contributed by atoms with Gasteiger partial charge in [0.1, 0.15) is 5.82 Å². The predicted molar refractivity (Wildman–Crippen MR) is 93.0 cm³/mol. The highest BCUT2D eigenvalue weighted by molar-refractivity contribution is 5.39. The van der Waals surface area contributed by atoms with Crippen LogP contribution in [0.1, 0.15) is 24.8 Å². The van der Waals surface area contributed by atoms with Crippen molar-refractivity contribution in [3.8, 4) is 0 Å². The van der Waals surface area contributed by atoms with Crippen molar-refractivity contribution in [3.63, 3.8) is 0 Å². The van der Waals surface area contributed by atoms with Crippen molar-refractivity contribution in [2.75, 3.05) is 18.8 Å². The van der Waals surface area contributed by atoms with Crippen LogP contribution in [-0.2, 0) is 6.54 Å². The van der Waals surface area contributed by atoms with Crippen LogP contribution in [0.15, 0.2) is 48.5 Å². The van der Waals surface area contributed by atoms with Gasteiger partial charge in [-0.1, -0.05) is 18.6 Å². The molecule has 0 aromatic heterocycles. The zero-order valence-electron chi connectivity index (χ0n) is 13.5. The minimum absolute atomic E-state index is 0.0959. The van der Waals surface area contributed by atoms with Gasteiger partial charge in [0.05, 0.1) is 4.92 Å². The summed E-state index contributed by atoms with van der Waals surface area (Å²) in [5.74, 6) is -0.467. The summed E-state index contributed by atoms with van der Waals surface area (Å²) in [5.41, 5.74) is 7.78. The van der Waals surface area contributed by atoms with Crippen molar-refractivity contribution in [2.24, 2.45) is 0 Å². The third-order valence-corrected chi connectivity index (χ3v) is 3.87. The highest BCUT2D eigenvalue weighted by atomic mass is 19.1. The molecule has 1 heterocycles. The van der Waals surface area contributed by atoms with Crippen LogP contribution >= 0.6 is 0 Å². The SMILES string of the molecule is Nc1ccc(CN2CCCCC2)cc1.O=[N+]([O-])c1ccc(F)cc1. The number of nitrogens with two attached hydrogens (primary N) is 1. The Hall–Kier alpha value is -2.47. The van der Waals surface area contributed by atoms with Crippen molar-refractivity contribution in [1.82, 2.24) is 4.90 Å². The Balaban J connectivity index is 0.000000185. The van der Waals surface area contributed by atoms with E-state index >= 15 is 0 Å². The molecule has 0 amide bonds. The van der Waals surface area contributed by atoms with E-state index in [4.69, 9.17) is 5.73 Å². The summed E-state index contributed by atoms with van der Waals surface area (Å²) >= 11 is 0. The topological polar surface area (TPSA) is 72.4 Å². The minimum Gasteiger partial charge on any atom is -0.399 e. The van der Waals surface area contributed by atoms with Gasteiger partial charge in [-0.15, -0.1) is 0 Å². The summed E-state index contributed by atoms with van der Waals surface area (Å²) in [6, 6.07) is 12.6. The first-order chi connectivity index (χ1) is 11.5. The number of piperidine rings is 1. The number of hydrogen-bond donors (Lipinski definition) is 1. The Morgan fingerprint density at radius 2 is 1.58 bits per heavy atom. The van der Waals surface area contributed by atoms with Crippen LogP contribution in [-0.4, -0.2) is 22.9 Å². The molecule has 2 aromatic rings. The molecule has 1 aliphatic heterocycles. The second-order valence-corrected chi connectivity index (χ2v) is 5.81. The fourth-order valence-electron chi connectivity index (χ4n) is 2.56. The van der Waals surface area contributed by atoms with E-state index in [1.165, 1.54) is 37.9 Å². The van der Waals surface area contributed by atoms with Crippen LogP contribution in [0.25, 0.3) is 0 Å². The van der Waals surface area contributed by atoms with Gasteiger partial charge in [-0.05, 0) is 55.8 Å². The number of benzene rings is 2. The van der Waals surface area contributed by atoms with Crippen molar-refractivity contribution < 1.29 is 9.31 Å². The maximum absolute atomic E-state index is 12.1. The number of nitro benzene ring substituents is 1. The molecule has 1 saturated heterocycles. The summed E-state index contributed by atoms with van der Waals surface area (Å²) in [4.78, 5) is 11.9. The van der Waals surface area contributed by atoms with Crippen LogP contribution in [0.3, 0.4) is 0 Å². The van der Waals surface area contributed by atoms with Gasteiger partial charge in [-0.2, -0.15) is 0 Å². The molecule has 0 atom stereocenters. The van der Waals surface area contributed by atoms with Gasteiger partial charge in [-0.25, -0.2) is 4.39 Å². The number of rotatable bonds is 3. The first-order valence-electron chi connectivity index (χ1n) is 8.01. The molecular weight excluding hydrogens is 309 g/mol. The fourth-order valence-corrected chi connectivity index (χ4v) is 2.56. The second kappa shape index (κ2) is 8.98. The van der Waals surface area contributed by atoms with E-state index in [2.05, 4.69) is 17.0 Å². The zero-order chi connectivity index (χ0) is 17.4. The normalized spacial score (nSPS) is 14.5. The number of hydrogen-bond acceptors (Lipinski definition) is 4. The molecule has 1 fully saturated rings. The summed E-state index contributed by atoms with van der Waals surface area (Å²) in [5, 5.41) is 10.00. The number of nitrogen functional groups attached to an aromatic ring is 1. The summed E-state index contributed by atoms with van der Waals surface area (Å²) in [7, 11) is 0. The van der Waals surface area contributed by atoms with Crippen LogP contribution < -0.4 is 5.73 Å². The number of halogens is 1. The van der Waals surface area contributed by atoms with Gasteiger partial charge >= 0.3 is 0 Å². The van der Waals surface area contributed by atoms with Crippen molar-refractivity contribution in [3.05, 3.63) is 70.0 Å². The number of nitro groups is 1. The Morgan fingerprint density at radius 1 is 1.00 bits per heavy atom. The molecule has 2 aromatic carbocycles. The lowest BCUT2D eigenvalue weighted by molar-refractivity contribution is -0.384. The lowest BCUT2D eigenvalue weighted by Crippen LogP contribution is -2.29.